The Morgan fingerprint density at radius 3 is 1.94 bits per heavy atom. The number of aliphatic hydroxyl groups is 1. The van der Waals surface area contributed by atoms with E-state index in [0.29, 0.717) is 18.6 Å². The molecule has 192 valence electrons. The molecule has 0 aliphatic carbocycles. The second-order valence-electron chi connectivity index (χ2n) is 12.2. The van der Waals surface area contributed by atoms with Crippen LogP contribution in [0.4, 0.5) is 0 Å². The van der Waals surface area contributed by atoms with Gasteiger partial charge in [0, 0.05) is 6.42 Å². The zero-order valence-corrected chi connectivity index (χ0v) is 25.2. The minimum absolute atomic E-state index is 0.0100. The fraction of sp³-hybridized carbons (Fsp3) is 0.667. The van der Waals surface area contributed by atoms with Gasteiger partial charge in [-0.15, -0.1) is 0 Å². The van der Waals surface area contributed by atoms with Crippen LogP contribution in [0, 0.1) is 11.8 Å². The molecule has 34 heavy (non-hydrogen) atoms. The minimum atomic E-state index is -2.15. The molecule has 0 bridgehead atoms. The maximum Gasteiger partial charge on any atom is 0.339 e. The molecule has 1 aromatic carbocycles. The summed E-state index contributed by atoms with van der Waals surface area (Å²) in [5.41, 5.74) is -0.682. The first-order valence-electron chi connectivity index (χ1n) is 12.0. The fourth-order valence-electron chi connectivity index (χ4n) is 2.86. The lowest BCUT2D eigenvalue weighted by Crippen LogP contribution is -2.50. The van der Waals surface area contributed by atoms with Crippen molar-refractivity contribution < 1.29 is 23.5 Å². The predicted molar refractivity (Wildman–Crippen MR) is 145 cm³/mol. The van der Waals surface area contributed by atoms with E-state index in [2.05, 4.69) is 79.6 Å². The summed E-state index contributed by atoms with van der Waals surface area (Å²) in [6.45, 7) is 24.0. The quantitative estimate of drug-likeness (QED) is 0.238. The van der Waals surface area contributed by atoms with Crippen LogP contribution >= 0.6 is 0 Å². The molecule has 0 radical (unpaired) electrons. The van der Waals surface area contributed by atoms with Gasteiger partial charge in [0.25, 0.3) is 0 Å². The lowest BCUT2D eigenvalue weighted by Gasteiger charge is -2.42. The molecule has 0 heterocycles. The van der Waals surface area contributed by atoms with Crippen LogP contribution in [0.5, 0.6) is 0 Å². The van der Waals surface area contributed by atoms with E-state index in [1.165, 1.54) is 0 Å². The molecule has 0 spiro atoms. The third-order valence-corrected chi connectivity index (χ3v) is 16.1. The van der Waals surface area contributed by atoms with Gasteiger partial charge in [-0.05, 0) is 55.3 Å². The molecule has 1 N–H and O–H groups in total. The smallest absolute Gasteiger partial charge is 0.339 e. The highest BCUT2D eigenvalue weighted by Crippen LogP contribution is 2.40. The number of hydrogen-bond acceptors (Lipinski definition) is 5. The first kappa shape index (κ1) is 30.6. The minimum Gasteiger partial charge on any atom is -0.442 e. The van der Waals surface area contributed by atoms with Crippen LogP contribution in [-0.4, -0.2) is 52.6 Å². The van der Waals surface area contributed by atoms with Crippen molar-refractivity contribution in [3.8, 4) is 11.8 Å². The molecule has 0 aliphatic heterocycles. The molecule has 1 unspecified atom stereocenters. The van der Waals surface area contributed by atoms with Crippen molar-refractivity contribution in [1.82, 2.24) is 0 Å². The number of aliphatic hydroxyl groups excluding tert-OH is 1. The summed E-state index contributed by atoms with van der Waals surface area (Å²) >= 11 is 0. The van der Waals surface area contributed by atoms with Crippen LogP contribution in [0.25, 0.3) is 0 Å². The number of carbonyl (C=O) groups excluding carboxylic acids is 1. The molecular formula is C27H46O5Si2. The zero-order chi connectivity index (χ0) is 26.4. The summed E-state index contributed by atoms with van der Waals surface area (Å²) in [4.78, 5) is 12.9. The second-order valence-corrected chi connectivity index (χ2v) is 21.8. The molecule has 0 saturated heterocycles. The number of hydrogen-bond donors (Lipinski definition) is 1. The standard InChI is InChI=1S/C27H46O5Si2/c1-25(2,3)33(8,9)30-21-23(32-34(10,11)26(4,5)6)20-27(7,18-15-19-28)31-24(29)22-16-13-12-14-17-22/h12-14,16-17,23,28H,19-21H2,1-11H3/t23-,27?/m0/s1. The molecule has 1 rings (SSSR count). The van der Waals surface area contributed by atoms with E-state index in [4.69, 9.17) is 13.6 Å². The van der Waals surface area contributed by atoms with Crippen molar-refractivity contribution >= 4 is 22.6 Å². The van der Waals surface area contributed by atoms with Crippen LogP contribution in [0.15, 0.2) is 30.3 Å². The third-order valence-electron chi connectivity index (χ3n) is 7.08. The molecule has 7 heteroatoms. The zero-order valence-electron chi connectivity index (χ0n) is 23.2. The monoisotopic (exact) mass is 506 g/mol. The topological polar surface area (TPSA) is 65.0 Å². The van der Waals surface area contributed by atoms with Gasteiger partial charge in [-0.3, -0.25) is 0 Å². The summed E-state index contributed by atoms with van der Waals surface area (Å²) in [6.07, 6.45) is 0.0382. The molecule has 0 amide bonds. The Kier molecular flexibility index (Phi) is 10.4. The van der Waals surface area contributed by atoms with Gasteiger partial charge in [0.2, 0.25) is 0 Å². The van der Waals surface area contributed by atoms with E-state index >= 15 is 0 Å². The second kappa shape index (κ2) is 11.5. The van der Waals surface area contributed by atoms with Crippen molar-refractivity contribution in [2.75, 3.05) is 13.2 Å². The van der Waals surface area contributed by atoms with Crippen molar-refractivity contribution in [1.29, 1.82) is 0 Å². The molecule has 5 nitrogen and oxygen atoms in total. The largest absolute Gasteiger partial charge is 0.442 e. The Bertz CT molecular complexity index is 857. The first-order chi connectivity index (χ1) is 15.3. The van der Waals surface area contributed by atoms with Gasteiger partial charge in [-0.25, -0.2) is 4.79 Å². The number of carbonyl (C=O) groups is 1. The van der Waals surface area contributed by atoms with Crippen LogP contribution < -0.4 is 0 Å². The molecule has 1 aromatic rings. The van der Waals surface area contributed by atoms with Crippen LogP contribution in [0.2, 0.25) is 36.3 Å². The lowest BCUT2D eigenvalue weighted by atomic mass is 9.98. The average Bonchev–Trinajstić information content (AvgIpc) is 2.69. The van der Waals surface area contributed by atoms with Crippen LogP contribution in [0.1, 0.15) is 65.2 Å². The Hall–Kier alpha value is -1.44. The summed E-state index contributed by atoms with van der Waals surface area (Å²) in [5.74, 6) is 5.22. The van der Waals surface area contributed by atoms with E-state index in [0.717, 1.165) is 0 Å². The molecule has 0 aliphatic rings. The van der Waals surface area contributed by atoms with Gasteiger partial charge >= 0.3 is 5.97 Å². The van der Waals surface area contributed by atoms with Gasteiger partial charge < -0.3 is 18.7 Å². The first-order valence-corrected chi connectivity index (χ1v) is 17.9. The predicted octanol–water partition coefficient (Wildman–Crippen LogP) is 6.40. The highest BCUT2D eigenvalue weighted by molar-refractivity contribution is 6.74. The van der Waals surface area contributed by atoms with Crippen LogP contribution in [0.3, 0.4) is 0 Å². The molecule has 0 aromatic heterocycles. The number of benzene rings is 1. The van der Waals surface area contributed by atoms with E-state index < -0.39 is 28.2 Å². The van der Waals surface area contributed by atoms with E-state index in [-0.39, 0.29) is 22.8 Å². The Morgan fingerprint density at radius 1 is 0.941 bits per heavy atom. The Labute approximate surface area is 209 Å². The SMILES string of the molecule is CC(C#CCO)(C[C@@H](CO[Si](C)(C)C(C)(C)C)O[Si](C)(C)C(C)(C)C)OC(=O)c1ccccc1. The van der Waals surface area contributed by atoms with Crippen molar-refractivity contribution in [2.45, 2.75) is 103 Å². The Balaban J connectivity index is 3.27. The number of rotatable bonds is 9. The molecule has 0 saturated carbocycles. The third kappa shape index (κ3) is 8.97. The van der Waals surface area contributed by atoms with Crippen molar-refractivity contribution in [3.63, 3.8) is 0 Å². The van der Waals surface area contributed by atoms with Crippen molar-refractivity contribution in [3.05, 3.63) is 35.9 Å². The molecule has 2 atom stereocenters. The van der Waals surface area contributed by atoms with E-state index in [9.17, 15) is 9.90 Å². The van der Waals surface area contributed by atoms with Gasteiger partial charge in [0.05, 0.1) is 18.3 Å². The Morgan fingerprint density at radius 2 is 1.47 bits per heavy atom. The summed E-state index contributed by atoms with van der Waals surface area (Å²) in [5, 5.41) is 9.42. The van der Waals surface area contributed by atoms with Gasteiger partial charge in [0.15, 0.2) is 22.2 Å². The molecule has 0 fully saturated rings. The number of esters is 1. The van der Waals surface area contributed by atoms with Crippen LogP contribution in [-0.2, 0) is 13.6 Å². The van der Waals surface area contributed by atoms with Gasteiger partial charge in [-0.2, -0.15) is 0 Å². The summed E-state index contributed by atoms with van der Waals surface area (Å²) in [6, 6.07) is 8.87. The normalized spacial score (nSPS) is 15.6. The van der Waals surface area contributed by atoms with E-state index in [1.807, 2.05) is 6.07 Å². The highest BCUT2D eigenvalue weighted by Gasteiger charge is 2.43. The van der Waals surface area contributed by atoms with Crippen molar-refractivity contribution in [2.24, 2.45) is 0 Å². The average molecular weight is 507 g/mol. The highest BCUT2D eigenvalue weighted by atomic mass is 28.4. The summed E-state index contributed by atoms with van der Waals surface area (Å²) < 4.78 is 19.3. The maximum absolute atomic E-state index is 12.9. The lowest BCUT2D eigenvalue weighted by molar-refractivity contribution is -0.0115. The van der Waals surface area contributed by atoms with E-state index in [1.54, 1.807) is 31.2 Å². The molecular weight excluding hydrogens is 460 g/mol. The van der Waals surface area contributed by atoms with Gasteiger partial charge in [0.1, 0.15) is 6.61 Å². The maximum atomic E-state index is 12.9. The number of ether oxygens (including phenoxy) is 1. The van der Waals surface area contributed by atoms with Gasteiger partial charge in [-0.1, -0.05) is 71.6 Å². The summed E-state index contributed by atoms with van der Waals surface area (Å²) in [7, 11) is -4.17. The fourth-order valence-corrected chi connectivity index (χ4v) is 5.24.